The summed E-state index contributed by atoms with van der Waals surface area (Å²) in [5, 5.41) is 21.6. The predicted octanol–water partition coefficient (Wildman–Crippen LogP) is 0.803. The molecule has 3 rings (SSSR count). The van der Waals surface area contributed by atoms with Crippen LogP contribution in [0.4, 0.5) is 0 Å². The van der Waals surface area contributed by atoms with E-state index < -0.39 is 101 Å². The van der Waals surface area contributed by atoms with Gasteiger partial charge >= 0.3 is 23.9 Å². The van der Waals surface area contributed by atoms with Gasteiger partial charge in [0.25, 0.3) is 0 Å². The number of ether oxygens (including phenoxy) is 6. The Bertz CT molecular complexity index is 1260. The van der Waals surface area contributed by atoms with Crippen molar-refractivity contribution >= 4 is 35.4 Å². The van der Waals surface area contributed by atoms with Crippen molar-refractivity contribution in [1.82, 2.24) is 0 Å². The van der Waals surface area contributed by atoms with E-state index in [1.54, 1.807) is 0 Å². The minimum Gasteiger partial charge on any atom is -0.507 e. The molecule has 0 amide bonds. The smallest absolute Gasteiger partial charge is 0.303 e. The Kier molecular flexibility index (Phi) is 8.59. The van der Waals surface area contributed by atoms with E-state index in [0.717, 1.165) is 39.8 Å². The summed E-state index contributed by atoms with van der Waals surface area (Å²) in [5.41, 5.74) is -1.16. The van der Waals surface area contributed by atoms with Crippen molar-refractivity contribution in [3.63, 3.8) is 0 Å². The number of phenols is 2. The Morgan fingerprint density at radius 2 is 1.26 bits per heavy atom. The van der Waals surface area contributed by atoms with Gasteiger partial charge in [0.2, 0.25) is 12.4 Å². The number of benzene rings is 1. The minimum absolute atomic E-state index is 0.185. The lowest BCUT2D eigenvalue weighted by Gasteiger charge is -2.44. The molecule has 1 aromatic carbocycles. The molecule has 0 unspecified atom stereocenters. The number of esters is 4. The molecule has 14 heteroatoms. The number of rotatable bonds is 7. The summed E-state index contributed by atoms with van der Waals surface area (Å²) in [6, 6.07) is 0. The average Bonchev–Trinajstić information content (AvgIpc) is 2.83. The van der Waals surface area contributed by atoms with E-state index in [-0.39, 0.29) is 5.56 Å². The molecule has 39 heavy (non-hydrogen) atoms. The largest absolute Gasteiger partial charge is 0.507 e. The summed E-state index contributed by atoms with van der Waals surface area (Å²) < 4.78 is 32.5. The molecule has 0 spiro atoms. The van der Waals surface area contributed by atoms with Gasteiger partial charge < -0.3 is 38.6 Å². The molecule has 0 aromatic heterocycles. The molecule has 2 aliphatic rings. The lowest BCUT2D eigenvalue weighted by molar-refractivity contribution is -0.288. The fraction of sp³-hybridized carbons (Fsp3) is 0.440. The van der Waals surface area contributed by atoms with Crippen LogP contribution in [0.25, 0.3) is 0 Å². The van der Waals surface area contributed by atoms with Crippen LogP contribution in [0.3, 0.4) is 0 Å². The molecule has 1 saturated heterocycles. The standard InChI is InChI=1S/C25H26O14/c1-9-19(32)17-14(30)6-7-15(31)18(17)20(33)21(9)39-25-24(37-13(5)29)23(36-12(4)28)22(35-11(3)27)16(38-25)8-34-10(2)26/h6-7,16,22-25,32-33H,8H2,1-5H3/t16-,22-,23+,24-,25+/m1/s1. The highest BCUT2D eigenvalue weighted by molar-refractivity contribution is 6.24. The zero-order chi connectivity index (χ0) is 29.2. The lowest BCUT2D eigenvalue weighted by atomic mass is 9.90. The van der Waals surface area contributed by atoms with E-state index in [1.165, 1.54) is 6.92 Å². The summed E-state index contributed by atoms with van der Waals surface area (Å²) in [4.78, 5) is 72.1. The highest BCUT2D eigenvalue weighted by Crippen LogP contribution is 2.45. The highest BCUT2D eigenvalue weighted by Gasteiger charge is 2.53. The molecule has 1 aromatic rings. The maximum Gasteiger partial charge on any atom is 0.303 e. The Balaban J connectivity index is 2.14. The van der Waals surface area contributed by atoms with Crippen molar-refractivity contribution in [2.75, 3.05) is 6.61 Å². The zero-order valence-corrected chi connectivity index (χ0v) is 21.5. The Morgan fingerprint density at radius 3 is 1.77 bits per heavy atom. The Labute approximate surface area is 221 Å². The third kappa shape index (κ3) is 6.17. The molecular formula is C25H26O14. The summed E-state index contributed by atoms with van der Waals surface area (Å²) in [6.45, 7) is 4.96. The average molecular weight is 550 g/mol. The number of allylic oxidation sites excluding steroid dienone is 2. The van der Waals surface area contributed by atoms with Crippen LogP contribution >= 0.6 is 0 Å². The lowest BCUT2D eigenvalue weighted by Crippen LogP contribution is -2.63. The molecule has 1 aliphatic heterocycles. The van der Waals surface area contributed by atoms with Gasteiger partial charge in [-0.15, -0.1) is 0 Å². The molecule has 2 N–H and O–H groups in total. The molecule has 14 nitrogen and oxygen atoms in total. The first-order valence-electron chi connectivity index (χ1n) is 11.5. The van der Waals surface area contributed by atoms with Gasteiger partial charge in [-0.2, -0.15) is 0 Å². The SMILES string of the molecule is CC(=O)OC[C@H]1O[C@@H](Oc2c(C)c(O)c3c(c2O)C(=O)C=CC3=O)[C@H](OC(C)=O)[C@@H](OC(C)=O)[C@@H]1OC(C)=O. The maximum atomic E-state index is 12.5. The van der Waals surface area contributed by atoms with Gasteiger partial charge in [-0.1, -0.05) is 0 Å². The fourth-order valence-electron chi connectivity index (χ4n) is 4.16. The van der Waals surface area contributed by atoms with Crippen LogP contribution < -0.4 is 4.74 Å². The molecule has 1 fully saturated rings. The summed E-state index contributed by atoms with van der Waals surface area (Å²) in [7, 11) is 0. The van der Waals surface area contributed by atoms with Crippen LogP contribution in [0.5, 0.6) is 17.2 Å². The van der Waals surface area contributed by atoms with Crippen LogP contribution in [0.2, 0.25) is 0 Å². The van der Waals surface area contributed by atoms with Gasteiger partial charge in [-0.3, -0.25) is 28.8 Å². The molecule has 0 radical (unpaired) electrons. The van der Waals surface area contributed by atoms with Gasteiger partial charge in [0.1, 0.15) is 18.5 Å². The third-order valence-corrected chi connectivity index (χ3v) is 5.70. The van der Waals surface area contributed by atoms with Crippen molar-refractivity contribution in [3.05, 3.63) is 28.8 Å². The number of aromatic hydroxyl groups is 2. The van der Waals surface area contributed by atoms with E-state index in [1.807, 2.05) is 0 Å². The quantitative estimate of drug-likeness (QED) is 0.274. The summed E-state index contributed by atoms with van der Waals surface area (Å²) in [5.74, 6) is -6.88. The first kappa shape index (κ1) is 29.1. The Morgan fingerprint density at radius 1 is 0.769 bits per heavy atom. The van der Waals surface area contributed by atoms with E-state index in [0.29, 0.717) is 0 Å². The molecule has 1 heterocycles. The Hall–Kier alpha value is -4.46. The van der Waals surface area contributed by atoms with Gasteiger partial charge in [0.15, 0.2) is 35.3 Å². The van der Waals surface area contributed by atoms with Crippen molar-refractivity contribution in [3.8, 4) is 17.2 Å². The van der Waals surface area contributed by atoms with Gasteiger partial charge in [0.05, 0.1) is 11.1 Å². The predicted molar refractivity (Wildman–Crippen MR) is 125 cm³/mol. The van der Waals surface area contributed by atoms with Gasteiger partial charge in [-0.05, 0) is 19.1 Å². The van der Waals surface area contributed by atoms with Crippen molar-refractivity contribution in [2.24, 2.45) is 0 Å². The van der Waals surface area contributed by atoms with E-state index in [9.17, 15) is 39.0 Å². The van der Waals surface area contributed by atoms with Crippen LogP contribution in [0, 0.1) is 6.92 Å². The van der Waals surface area contributed by atoms with Crippen LogP contribution in [-0.4, -0.2) is 83.0 Å². The monoisotopic (exact) mass is 550 g/mol. The van der Waals surface area contributed by atoms with E-state index in [4.69, 9.17) is 28.4 Å². The van der Waals surface area contributed by atoms with Crippen LogP contribution in [0.1, 0.15) is 54.0 Å². The second-order valence-electron chi connectivity index (χ2n) is 8.65. The number of fused-ring (bicyclic) bond motifs is 1. The number of phenolic OH excluding ortho intramolecular Hbond substituents is 2. The highest BCUT2D eigenvalue weighted by atomic mass is 16.7. The van der Waals surface area contributed by atoms with Crippen LogP contribution in [0.15, 0.2) is 12.2 Å². The normalized spacial score (nSPS) is 23.9. The molecule has 1 aliphatic carbocycles. The molecule has 0 saturated carbocycles. The maximum absolute atomic E-state index is 12.5. The third-order valence-electron chi connectivity index (χ3n) is 5.70. The second kappa shape index (κ2) is 11.5. The number of hydrogen-bond acceptors (Lipinski definition) is 14. The van der Waals surface area contributed by atoms with Crippen molar-refractivity contribution in [1.29, 1.82) is 0 Å². The van der Waals surface area contributed by atoms with Crippen molar-refractivity contribution < 1.29 is 67.4 Å². The number of carbonyl (C=O) groups excluding carboxylic acids is 6. The first-order valence-corrected chi connectivity index (χ1v) is 11.5. The summed E-state index contributed by atoms with van der Waals surface area (Å²) in [6.07, 6.45) is -5.92. The topological polar surface area (TPSA) is 198 Å². The van der Waals surface area contributed by atoms with Gasteiger partial charge in [0, 0.05) is 33.3 Å². The van der Waals surface area contributed by atoms with Crippen LogP contribution in [-0.2, 0) is 42.9 Å². The fourth-order valence-corrected chi connectivity index (χ4v) is 4.16. The first-order chi connectivity index (χ1) is 18.2. The molecule has 210 valence electrons. The van der Waals surface area contributed by atoms with Gasteiger partial charge in [-0.25, -0.2) is 0 Å². The van der Waals surface area contributed by atoms with E-state index in [2.05, 4.69) is 0 Å². The van der Waals surface area contributed by atoms with E-state index >= 15 is 0 Å². The minimum atomic E-state index is -1.75. The zero-order valence-electron chi connectivity index (χ0n) is 21.5. The number of hydrogen-bond donors (Lipinski definition) is 2. The second-order valence-corrected chi connectivity index (χ2v) is 8.65. The molecule has 5 atom stereocenters. The number of carbonyl (C=O) groups is 6. The molecular weight excluding hydrogens is 524 g/mol. The summed E-state index contributed by atoms with van der Waals surface area (Å²) >= 11 is 0. The molecule has 0 bridgehead atoms. The van der Waals surface area contributed by atoms with Crippen molar-refractivity contribution in [2.45, 2.75) is 65.3 Å². The number of ketones is 2.